The third-order valence-electron chi connectivity index (χ3n) is 5.55. The number of amides is 2. The second-order valence-corrected chi connectivity index (χ2v) is 10.3. The predicted molar refractivity (Wildman–Crippen MR) is 122 cm³/mol. The van der Waals surface area contributed by atoms with Crippen molar-refractivity contribution >= 4 is 34.1 Å². The summed E-state index contributed by atoms with van der Waals surface area (Å²) in [4.78, 5) is 41.0. The minimum Gasteiger partial charge on any atom is -0.466 e. The van der Waals surface area contributed by atoms with E-state index in [2.05, 4.69) is 15.1 Å². The van der Waals surface area contributed by atoms with Crippen LogP contribution in [-0.4, -0.2) is 93.5 Å². The third-order valence-corrected chi connectivity index (χ3v) is 6.26. The summed E-state index contributed by atoms with van der Waals surface area (Å²) in [5.41, 5.74) is 0. The van der Waals surface area contributed by atoms with Gasteiger partial charge in [0.15, 0.2) is 0 Å². The SMILES string of the molecule is CCOC(=O)CCN(C(=O)[C@H](CC(=O)NC[C@@H]1CCCN(C=NN)C1)NS(C)(=O)=O)C1CC1. The fraction of sp³-hybridized carbons (Fsp3) is 0.800. The summed E-state index contributed by atoms with van der Waals surface area (Å²) in [7, 11) is -3.74. The number of nitrogens with zero attached hydrogens (tertiary/aromatic N) is 3. The second kappa shape index (κ2) is 12.7. The zero-order valence-electron chi connectivity index (χ0n) is 19.4. The molecule has 2 fully saturated rings. The van der Waals surface area contributed by atoms with Gasteiger partial charge in [0.05, 0.1) is 25.7 Å². The lowest BCUT2D eigenvalue weighted by Gasteiger charge is -2.31. The van der Waals surface area contributed by atoms with E-state index in [0.717, 1.165) is 38.5 Å². The molecule has 2 aliphatic rings. The van der Waals surface area contributed by atoms with Crippen LogP contribution in [0, 0.1) is 5.92 Å². The van der Waals surface area contributed by atoms with Gasteiger partial charge in [0.1, 0.15) is 12.4 Å². The molecule has 13 heteroatoms. The Kier molecular flexibility index (Phi) is 10.4. The number of hydrogen-bond donors (Lipinski definition) is 3. The van der Waals surface area contributed by atoms with Gasteiger partial charge in [0, 0.05) is 32.2 Å². The van der Waals surface area contributed by atoms with E-state index in [1.165, 1.54) is 4.90 Å². The van der Waals surface area contributed by atoms with Crippen molar-refractivity contribution in [1.29, 1.82) is 0 Å². The fourth-order valence-electron chi connectivity index (χ4n) is 3.92. The van der Waals surface area contributed by atoms with Crippen molar-refractivity contribution in [2.45, 2.75) is 57.5 Å². The van der Waals surface area contributed by atoms with Crippen LogP contribution in [0.1, 0.15) is 45.4 Å². The Morgan fingerprint density at radius 2 is 2.03 bits per heavy atom. The van der Waals surface area contributed by atoms with Crippen molar-refractivity contribution in [1.82, 2.24) is 19.8 Å². The van der Waals surface area contributed by atoms with Crippen molar-refractivity contribution in [2.24, 2.45) is 16.9 Å². The Hall–Kier alpha value is -2.41. The molecule has 0 bridgehead atoms. The van der Waals surface area contributed by atoms with E-state index < -0.39 is 33.8 Å². The number of esters is 1. The highest BCUT2D eigenvalue weighted by Crippen LogP contribution is 2.28. The van der Waals surface area contributed by atoms with Gasteiger partial charge >= 0.3 is 5.97 Å². The maximum atomic E-state index is 13.2. The van der Waals surface area contributed by atoms with E-state index in [1.54, 1.807) is 13.3 Å². The number of likely N-dealkylation sites (tertiary alicyclic amines) is 1. The van der Waals surface area contributed by atoms with Crippen LogP contribution < -0.4 is 15.9 Å². The summed E-state index contributed by atoms with van der Waals surface area (Å²) < 4.78 is 31.0. The first-order chi connectivity index (χ1) is 15.6. The van der Waals surface area contributed by atoms with Gasteiger partial charge in [-0.3, -0.25) is 14.4 Å². The first-order valence-corrected chi connectivity index (χ1v) is 13.2. The van der Waals surface area contributed by atoms with Gasteiger partial charge in [0.25, 0.3) is 0 Å². The van der Waals surface area contributed by atoms with Crippen molar-refractivity contribution in [3.05, 3.63) is 0 Å². The van der Waals surface area contributed by atoms with Gasteiger partial charge in [0.2, 0.25) is 21.8 Å². The third kappa shape index (κ3) is 9.95. The lowest BCUT2D eigenvalue weighted by Crippen LogP contribution is -2.51. The topological polar surface area (TPSA) is 163 Å². The van der Waals surface area contributed by atoms with Gasteiger partial charge in [-0.2, -0.15) is 5.10 Å². The Morgan fingerprint density at radius 1 is 1.30 bits per heavy atom. The molecule has 0 radical (unpaired) electrons. The maximum Gasteiger partial charge on any atom is 0.307 e. The molecule has 0 unspecified atom stereocenters. The molecule has 1 saturated heterocycles. The smallest absolute Gasteiger partial charge is 0.307 e. The first-order valence-electron chi connectivity index (χ1n) is 11.3. The Bertz CT molecular complexity index is 816. The van der Waals surface area contributed by atoms with Crippen LogP contribution in [0.5, 0.6) is 0 Å². The van der Waals surface area contributed by atoms with Crippen molar-refractivity contribution in [3.8, 4) is 0 Å². The molecule has 1 saturated carbocycles. The number of carbonyl (C=O) groups excluding carboxylic acids is 3. The van der Waals surface area contributed by atoms with Crippen molar-refractivity contribution in [3.63, 3.8) is 0 Å². The Morgan fingerprint density at radius 3 is 2.64 bits per heavy atom. The van der Waals surface area contributed by atoms with E-state index in [-0.39, 0.29) is 38.0 Å². The predicted octanol–water partition coefficient (Wildman–Crippen LogP) is -1.03. The number of nitrogens with two attached hydrogens (primary N) is 1. The number of sulfonamides is 1. The highest BCUT2D eigenvalue weighted by Gasteiger charge is 2.37. The van der Waals surface area contributed by atoms with E-state index in [4.69, 9.17) is 10.6 Å². The molecular formula is C20H36N6O6S. The highest BCUT2D eigenvalue weighted by atomic mass is 32.2. The molecule has 0 spiro atoms. The molecule has 1 aliphatic carbocycles. The number of rotatable bonds is 13. The molecule has 1 aliphatic heterocycles. The molecule has 2 amide bonds. The zero-order valence-corrected chi connectivity index (χ0v) is 20.2. The second-order valence-electron chi connectivity index (χ2n) is 8.54. The highest BCUT2D eigenvalue weighted by molar-refractivity contribution is 7.88. The van der Waals surface area contributed by atoms with Crippen molar-refractivity contribution in [2.75, 3.05) is 39.0 Å². The van der Waals surface area contributed by atoms with Crippen molar-refractivity contribution < 1.29 is 27.5 Å². The van der Waals surface area contributed by atoms with Crippen LogP contribution in [0.15, 0.2) is 5.10 Å². The molecule has 2 rings (SSSR count). The molecule has 0 aromatic heterocycles. The summed E-state index contributed by atoms with van der Waals surface area (Å²) in [6, 6.07) is -1.30. The van der Waals surface area contributed by atoms with E-state index >= 15 is 0 Å². The average Bonchev–Trinajstić information content (AvgIpc) is 3.57. The summed E-state index contributed by atoms with van der Waals surface area (Å²) in [6.07, 6.45) is 5.63. The molecule has 33 heavy (non-hydrogen) atoms. The first kappa shape index (κ1) is 26.8. The van der Waals surface area contributed by atoms with Gasteiger partial charge in [-0.1, -0.05) is 0 Å². The van der Waals surface area contributed by atoms with Gasteiger partial charge in [-0.15, -0.1) is 0 Å². The van der Waals surface area contributed by atoms with Gasteiger partial charge in [-0.05, 0) is 38.5 Å². The molecule has 188 valence electrons. The Labute approximate surface area is 195 Å². The minimum atomic E-state index is -3.74. The standard InChI is InChI=1S/C20H36N6O6S/c1-3-32-19(28)8-10-26(16-6-7-16)20(29)17(24-33(2,30)31)11-18(27)22-12-15-5-4-9-25(13-15)14-23-21/h14-17,24H,3-13,21H2,1-2H3,(H,22,27)/t15-,17-/m0/s1. The number of hydrogen-bond acceptors (Lipinski definition) is 8. The van der Waals surface area contributed by atoms with Crippen LogP contribution in [0.3, 0.4) is 0 Å². The number of carbonyl (C=O) groups is 3. The van der Waals surface area contributed by atoms with Crippen LogP contribution in [-0.2, 0) is 29.1 Å². The summed E-state index contributed by atoms with van der Waals surface area (Å²) in [5, 5.41) is 6.35. The van der Waals surface area contributed by atoms with Crippen LogP contribution in [0.4, 0.5) is 0 Å². The van der Waals surface area contributed by atoms with E-state index in [9.17, 15) is 22.8 Å². The molecule has 2 atom stereocenters. The van der Waals surface area contributed by atoms with E-state index in [1.807, 2.05) is 4.90 Å². The van der Waals surface area contributed by atoms with E-state index in [0.29, 0.717) is 13.1 Å². The Balaban J connectivity index is 1.97. The average molecular weight is 489 g/mol. The monoisotopic (exact) mass is 488 g/mol. The van der Waals surface area contributed by atoms with Gasteiger partial charge < -0.3 is 25.7 Å². The number of hydrazone groups is 1. The molecule has 4 N–H and O–H groups in total. The van der Waals surface area contributed by atoms with Crippen LogP contribution in [0.25, 0.3) is 0 Å². The quantitative estimate of drug-likeness (QED) is 0.0974. The normalized spacial score (nSPS) is 19.8. The maximum absolute atomic E-state index is 13.2. The summed E-state index contributed by atoms with van der Waals surface area (Å²) in [6.45, 7) is 4.02. The zero-order chi connectivity index (χ0) is 24.4. The number of piperidine rings is 1. The van der Waals surface area contributed by atoms with Crippen LogP contribution >= 0.6 is 0 Å². The number of ether oxygens (including phenoxy) is 1. The largest absolute Gasteiger partial charge is 0.466 e. The van der Waals surface area contributed by atoms with Gasteiger partial charge in [-0.25, -0.2) is 13.1 Å². The number of nitrogens with one attached hydrogen (secondary N) is 2. The lowest BCUT2D eigenvalue weighted by molar-refractivity contribution is -0.144. The molecular weight excluding hydrogens is 452 g/mol. The molecule has 1 heterocycles. The fourth-order valence-corrected chi connectivity index (χ4v) is 4.62. The van der Waals surface area contributed by atoms with Crippen LogP contribution in [0.2, 0.25) is 0 Å². The minimum absolute atomic E-state index is 0.0121. The molecule has 0 aromatic rings. The lowest BCUT2D eigenvalue weighted by atomic mass is 9.98. The molecule has 12 nitrogen and oxygen atoms in total. The summed E-state index contributed by atoms with van der Waals surface area (Å²) >= 11 is 0. The summed E-state index contributed by atoms with van der Waals surface area (Å²) in [5.74, 6) is 4.05. The molecule has 0 aromatic carbocycles.